The van der Waals surface area contributed by atoms with Gasteiger partial charge in [0.05, 0.1) is 11.4 Å². The highest BCUT2D eigenvalue weighted by molar-refractivity contribution is 9.10. The van der Waals surface area contributed by atoms with Gasteiger partial charge in [-0.3, -0.25) is 0 Å². The van der Waals surface area contributed by atoms with E-state index >= 15 is 0 Å². The molecule has 0 unspecified atom stereocenters. The number of nitrogens with one attached hydrogen (secondary N) is 1. The molecule has 1 fully saturated rings. The molecule has 1 aromatic carbocycles. The second kappa shape index (κ2) is 5.33. The van der Waals surface area contributed by atoms with Crippen molar-refractivity contribution in [2.75, 3.05) is 5.32 Å². The summed E-state index contributed by atoms with van der Waals surface area (Å²) in [6.45, 7) is 2.90. The van der Waals surface area contributed by atoms with Gasteiger partial charge in [-0.2, -0.15) is 0 Å². The van der Waals surface area contributed by atoms with Crippen LogP contribution in [0.4, 0.5) is 5.69 Å². The molecule has 98 valence electrons. The van der Waals surface area contributed by atoms with Crippen LogP contribution < -0.4 is 5.32 Å². The first-order valence-electron chi connectivity index (χ1n) is 6.69. The number of benzene rings is 1. The minimum absolute atomic E-state index is 0.794. The molecule has 3 rings (SSSR count). The number of halogens is 1. The van der Waals surface area contributed by atoms with Crippen LogP contribution in [0.5, 0.6) is 0 Å². The quantitative estimate of drug-likeness (QED) is 0.831. The third-order valence-electron chi connectivity index (χ3n) is 3.59. The largest absolute Gasteiger partial charge is 0.379 e. The fraction of sp³-hybridized carbons (Fsp3) is 0.312. The maximum atomic E-state index is 4.41. The molecule has 3 heteroatoms. The van der Waals surface area contributed by atoms with Crippen molar-refractivity contribution in [1.82, 2.24) is 4.98 Å². The van der Waals surface area contributed by atoms with Crippen LogP contribution in [0.1, 0.15) is 35.6 Å². The van der Waals surface area contributed by atoms with Gasteiger partial charge in [-0.05, 0) is 64.9 Å². The van der Waals surface area contributed by atoms with Gasteiger partial charge in [-0.1, -0.05) is 24.3 Å². The highest BCUT2D eigenvalue weighted by Gasteiger charge is 2.25. The van der Waals surface area contributed by atoms with E-state index in [2.05, 4.69) is 56.6 Å². The van der Waals surface area contributed by atoms with E-state index in [1.807, 2.05) is 13.0 Å². The van der Waals surface area contributed by atoms with E-state index in [1.54, 1.807) is 0 Å². The fourth-order valence-electron chi connectivity index (χ4n) is 2.40. The molecule has 0 amide bonds. The molecule has 1 aliphatic rings. The lowest BCUT2D eigenvalue weighted by Crippen LogP contribution is -2.04. The second-order valence-electron chi connectivity index (χ2n) is 5.09. The number of nitrogens with zero attached hydrogens (tertiary/aromatic N) is 1. The minimum Gasteiger partial charge on any atom is -0.379 e. The molecule has 1 saturated carbocycles. The standard InChI is InChI=1S/C16H17BrN2/c1-11-15(8-9-16(17)19-11)18-10-13-4-2-3-5-14(13)12-6-7-12/h2-5,8-9,12,18H,6-7,10H2,1H3. The van der Waals surface area contributed by atoms with Gasteiger partial charge in [0.1, 0.15) is 4.60 Å². The van der Waals surface area contributed by atoms with Crippen LogP contribution in [0, 0.1) is 6.92 Å². The van der Waals surface area contributed by atoms with E-state index < -0.39 is 0 Å². The van der Waals surface area contributed by atoms with Crippen molar-refractivity contribution in [3.05, 3.63) is 57.8 Å². The summed E-state index contributed by atoms with van der Waals surface area (Å²) in [5.41, 5.74) is 5.05. The Labute approximate surface area is 122 Å². The fourth-order valence-corrected chi connectivity index (χ4v) is 2.79. The van der Waals surface area contributed by atoms with E-state index in [0.717, 1.165) is 28.4 Å². The maximum Gasteiger partial charge on any atom is 0.106 e. The molecular weight excluding hydrogens is 300 g/mol. The van der Waals surface area contributed by atoms with Crippen LogP contribution >= 0.6 is 15.9 Å². The molecule has 1 N–H and O–H groups in total. The number of hydrogen-bond acceptors (Lipinski definition) is 2. The van der Waals surface area contributed by atoms with Crippen LogP contribution in [-0.2, 0) is 6.54 Å². The molecule has 0 atom stereocenters. The number of rotatable bonds is 4. The van der Waals surface area contributed by atoms with Gasteiger partial charge in [0.25, 0.3) is 0 Å². The zero-order valence-electron chi connectivity index (χ0n) is 11.0. The maximum absolute atomic E-state index is 4.41. The van der Waals surface area contributed by atoms with Crippen LogP contribution in [0.15, 0.2) is 41.0 Å². The zero-order valence-corrected chi connectivity index (χ0v) is 12.6. The van der Waals surface area contributed by atoms with Crippen molar-refractivity contribution >= 4 is 21.6 Å². The first-order chi connectivity index (χ1) is 9.24. The molecule has 2 aromatic rings. The summed E-state index contributed by atoms with van der Waals surface area (Å²) in [6.07, 6.45) is 2.69. The molecule has 2 nitrogen and oxygen atoms in total. The van der Waals surface area contributed by atoms with E-state index in [9.17, 15) is 0 Å². The molecule has 0 aliphatic heterocycles. The van der Waals surface area contributed by atoms with Gasteiger partial charge in [-0.15, -0.1) is 0 Å². The van der Waals surface area contributed by atoms with Crippen molar-refractivity contribution < 1.29 is 0 Å². The summed E-state index contributed by atoms with van der Waals surface area (Å²) < 4.78 is 0.883. The third kappa shape index (κ3) is 2.98. The molecule has 0 saturated heterocycles. The Morgan fingerprint density at radius 3 is 2.74 bits per heavy atom. The SMILES string of the molecule is Cc1nc(Br)ccc1NCc1ccccc1C1CC1. The Kier molecular flexibility index (Phi) is 3.56. The average Bonchev–Trinajstić information content (AvgIpc) is 3.22. The smallest absolute Gasteiger partial charge is 0.106 e. The lowest BCUT2D eigenvalue weighted by Gasteiger charge is -2.12. The number of aryl methyl sites for hydroxylation is 1. The molecule has 1 aromatic heterocycles. The number of hydrogen-bond donors (Lipinski definition) is 1. The molecule has 1 aliphatic carbocycles. The van der Waals surface area contributed by atoms with Crippen molar-refractivity contribution in [2.45, 2.75) is 32.2 Å². The van der Waals surface area contributed by atoms with Gasteiger partial charge in [0.15, 0.2) is 0 Å². The lowest BCUT2D eigenvalue weighted by molar-refractivity contribution is 1.03. The second-order valence-corrected chi connectivity index (χ2v) is 5.91. The Bertz CT molecular complexity index is 591. The lowest BCUT2D eigenvalue weighted by atomic mass is 10.0. The average molecular weight is 317 g/mol. The Morgan fingerprint density at radius 2 is 2.00 bits per heavy atom. The first-order valence-corrected chi connectivity index (χ1v) is 7.48. The van der Waals surface area contributed by atoms with E-state index in [0.29, 0.717) is 0 Å². The van der Waals surface area contributed by atoms with Crippen LogP contribution in [0.25, 0.3) is 0 Å². The predicted octanol–water partition coefficient (Wildman–Crippen LogP) is 4.64. The topological polar surface area (TPSA) is 24.9 Å². The number of anilines is 1. The highest BCUT2D eigenvalue weighted by Crippen LogP contribution is 2.41. The number of pyridine rings is 1. The Balaban J connectivity index is 1.75. The third-order valence-corrected chi connectivity index (χ3v) is 4.04. The van der Waals surface area contributed by atoms with Crippen LogP contribution in [0.3, 0.4) is 0 Å². The van der Waals surface area contributed by atoms with E-state index in [4.69, 9.17) is 0 Å². The molecule has 0 spiro atoms. The van der Waals surface area contributed by atoms with Crippen molar-refractivity contribution in [1.29, 1.82) is 0 Å². The summed E-state index contributed by atoms with van der Waals surface area (Å²) in [5.74, 6) is 0.794. The van der Waals surface area contributed by atoms with Crippen LogP contribution in [-0.4, -0.2) is 4.98 Å². The molecule has 19 heavy (non-hydrogen) atoms. The highest BCUT2D eigenvalue weighted by atomic mass is 79.9. The van der Waals surface area contributed by atoms with Gasteiger partial charge < -0.3 is 5.32 Å². The Morgan fingerprint density at radius 1 is 1.21 bits per heavy atom. The predicted molar refractivity (Wildman–Crippen MR) is 82.4 cm³/mol. The summed E-state index contributed by atoms with van der Waals surface area (Å²) in [5, 5.41) is 3.50. The summed E-state index contributed by atoms with van der Waals surface area (Å²) >= 11 is 3.39. The van der Waals surface area contributed by atoms with Crippen molar-refractivity contribution in [3.8, 4) is 0 Å². The van der Waals surface area contributed by atoms with E-state index in [1.165, 1.54) is 24.0 Å². The summed E-state index contributed by atoms with van der Waals surface area (Å²) in [7, 11) is 0. The normalized spacial score (nSPS) is 14.4. The van der Waals surface area contributed by atoms with Crippen molar-refractivity contribution in [2.24, 2.45) is 0 Å². The van der Waals surface area contributed by atoms with Gasteiger partial charge in [-0.25, -0.2) is 4.98 Å². The molecule has 0 bridgehead atoms. The summed E-state index contributed by atoms with van der Waals surface area (Å²) in [6, 6.07) is 12.8. The van der Waals surface area contributed by atoms with Crippen molar-refractivity contribution in [3.63, 3.8) is 0 Å². The molecular formula is C16H17BrN2. The van der Waals surface area contributed by atoms with Gasteiger partial charge >= 0.3 is 0 Å². The van der Waals surface area contributed by atoms with E-state index in [-0.39, 0.29) is 0 Å². The number of aromatic nitrogens is 1. The monoisotopic (exact) mass is 316 g/mol. The molecule has 0 radical (unpaired) electrons. The zero-order chi connectivity index (χ0) is 13.2. The van der Waals surface area contributed by atoms with Gasteiger partial charge in [0, 0.05) is 6.54 Å². The summed E-state index contributed by atoms with van der Waals surface area (Å²) in [4.78, 5) is 4.41. The molecule has 1 heterocycles. The Hall–Kier alpha value is -1.35. The first kappa shape index (κ1) is 12.7. The van der Waals surface area contributed by atoms with Crippen LogP contribution in [0.2, 0.25) is 0 Å². The minimum atomic E-state index is 0.794. The van der Waals surface area contributed by atoms with Gasteiger partial charge in [0.2, 0.25) is 0 Å².